The van der Waals surface area contributed by atoms with E-state index in [0.717, 1.165) is 6.42 Å². The van der Waals surface area contributed by atoms with E-state index in [-0.39, 0.29) is 11.7 Å². The minimum atomic E-state index is -1.15. The fourth-order valence-electron chi connectivity index (χ4n) is 3.77. The fourth-order valence-corrected chi connectivity index (χ4v) is 3.77. The van der Waals surface area contributed by atoms with Crippen LogP contribution in [0.2, 0.25) is 0 Å². The molecular formula is C20H25N7O4. The van der Waals surface area contributed by atoms with Gasteiger partial charge in [0.1, 0.15) is 29.8 Å². The van der Waals surface area contributed by atoms with Crippen molar-refractivity contribution in [3.05, 3.63) is 42.5 Å². The standard InChI is InChI=1S/C20H25N7O4/c21-6-1-7-31-12-4-2-11(3-5-12)20(30)26-13-8-14(17(29)16(13)28)27-10-25-15-18(22)23-9-24-19(15)27/h2-5,9-10,13-14,16-17,28-29H,1,6-8,21H2,(H,26,30)(H2,22,23,24)/t13-,14+,16-,17+/m1/s1. The first-order valence-electron chi connectivity index (χ1n) is 10.0. The second-order valence-corrected chi connectivity index (χ2v) is 7.46. The van der Waals surface area contributed by atoms with E-state index in [1.165, 1.54) is 12.7 Å². The Morgan fingerprint density at radius 3 is 2.71 bits per heavy atom. The SMILES string of the molecule is NCCCOc1ccc(C(=O)N[C@@H]2C[C@H](n3cnc4c(N)ncnc43)[C@H](O)[C@@H]2O)cc1. The molecule has 1 amide bonds. The summed E-state index contributed by atoms with van der Waals surface area (Å²) < 4.78 is 7.19. The fraction of sp³-hybridized carbons (Fsp3) is 0.400. The van der Waals surface area contributed by atoms with Gasteiger partial charge in [-0.2, -0.15) is 0 Å². The van der Waals surface area contributed by atoms with Gasteiger partial charge in [-0.25, -0.2) is 15.0 Å². The molecule has 1 aromatic carbocycles. The van der Waals surface area contributed by atoms with Gasteiger partial charge in [-0.15, -0.1) is 0 Å². The minimum Gasteiger partial charge on any atom is -0.494 e. The highest BCUT2D eigenvalue weighted by Crippen LogP contribution is 2.33. The van der Waals surface area contributed by atoms with Crippen LogP contribution in [0, 0.1) is 0 Å². The Balaban J connectivity index is 1.44. The number of nitrogens with two attached hydrogens (primary N) is 2. The maximum atomic E-state index is 12.7. The van der Waals surface area contributed by atoms with Crippen molar-refractivity contribution < 1.29 is 19.7 Å². The predicted octanol–water partition coefficient (Wildman–Crippen LogP) is -0.399. The molecule has 2 aromatic heterocycles. The molecule has 1 saturated carbocycles. The van der Waals surface area contributed by atoms with Crippen LogP contribution in [0.25, 0.3) is 11.2 Å². The van der Waals surface area contributed by atoms with E-state index in [1.54, 1.807) is 28.8 Å². The number of hydrogen-bond donors (Lipinski definition) is 5. The third-order valence-electron chi connectivity index (χ3n) is 5.45. The number of amides is 1. The van der Waals surface area contributed by atoms with Crippen LogP contribution in [-0.4, -0.2) is 67.0 Å². The average molecular weight is 427 g/mol. The molecule has 0 bridgehead atoms. The monoisotopic (exact) mass is 427 g/mol. The maximum absolute atomic E-state index is 12.7. The summed E-state index contributed by atoms with van der Waals surface area (Å²) in [5, 5.41) is 23.9. The number of aliphatic hydroxyl groups is 2. The number of benzene rings is 1. The molecule has 4 atom stereocenters. The van der Waals surface area contributed by atoms with Gasteiger partial charge >= 0.3 is 0 Å². The molecule has 4 rings (SSSR count). The van der Waals surface area contributed by atoms with Crippen LogP contribution in [-0.2, 0) is 0 Å². The normalized spacial score (nSPS) is 23.2. The number of imidazole rings is 1. The number of nitrogen functional groups attached to an aromatic ring is 1. The Hall–Kier alpha value is -3.28. The largest absolute Gasteiger partial charge is 0.494 e. The highest BCUT2D eigenvalue weighted by molar-refractivity contribution is 5.94. The lowest BCUT2D eigenvalue weighted by molar-refractivity contribution is 0.0143. The van der Waals surface area contributed by atoms with E-state index >= 15 is 0 Å². The summed E-state index contributed by atoms with van der Waals surface area (Å²) in [4.78, 5) is 25.0. The van der Waals surface area contributed by atoms with Gasteiger partial charge in [-0.05, 0) is 43.7 Å². The molecule has 11 heteroatoms. The van der Waals surface area contributed by atoms with Crippen molar-refractivity contribution in [2.45, 2.75) is 37.1 Å². The zero-order chi connectivity index (χ0) is 22.0. The van der Waals surface area contributed by atoms with E-state index in [9.17, 15) is 15.0 Å². The number of ether oxygens (including phenoxy) is 1. The molecule has 1 aliphatic rings. The average Bonchev–Trinajstić information content (AvgIpc) is 3.32. The first-order chi connectivity index (χ1) is 15.0. The van der Waals surface area contributed by atoms with Crippen LogP contribution in [0.15, 0.2) is 36.9 Å². The van der Waals surface area contributed by atoms with E-state index < -0.39 is 24.3 Å². The Morgan fingerprint density at radius 2 is 1.97 bits per heavy atom. The van der Waals surface area contributed by atoms with Gasteiger partial charge < -0.3 is 36.3 Å². The highest BCUT2D eigenvalue weighted by Gasteiger charge is 2.43. The van der Waals surface area contributed by atoms with Gasteiger partial charge in [0.15, 0.2) is 11.5 Å². The third-order valence-corrected chi connectivity index (χ3v) is 5.45. The number of fused-ring (bicyclic) bond motifs is 1. The number of nitrogens with zero attached hydrogens (tertiary/aromatic N) is 4. The van der Waals surface area contributed by atoms with Crippen LogP contribution in [0.1, 0.15) is 29.2 Å². The first kappa shape index (κ1) is 21.0. The Bertz CT molecular complexity index is 1060. The van der Waals surface area contributed by atoms with Crippen molar-refractivity contribution in [2.75, 3.05) is 18.9 Å². The quantitative estimate of drug-likeness (QED) is 0.314. The predicted molar refractivity (Wildman–Crippen MR) is 112 cm³/mol. The minimum absolute atomic E-state index is 0.233. The second kappa shape index (κ2) is 8.84. The second-order valence-electron chi connectivity index (χ2n) is 7.46. The zero-order valence-electron chi connectivity index (χ0n) is 16.8. The molecule has 11 nitrogen and oxygen atoms in total. The lowest BCUT2D eigenvalue weighted by Gasteiger charge is -2.18. The Labute approximate surface area is 178 Å². The molecule has 0 radical (unpaired) electrons. The van der Waals surface area contributed by atoms with Crippen molar-refractivity contribution >= 4 is 22.9 Å². The summed E-state index contributed by atoms with van der Waals surface area (Å²) in [5.41, 5.74) is 12.6. The summed E-state index contributed by atoms with van der Waals surface area (Å²) in [7, 11) is 0. The van der Waals surface area contributed by atoms with Crippen molar-refractivity contribution in [1.82, 2.24) is 24.8 Å². The number of carbonyl (C=O) groups excluding carboxylic acids is 1. The molecular weight excluding hydrogens is 402 g/mol. The molecule has 31 heavy (non-hydrogen) atoms. The number of aromatic nitrogens is 4. The Morgan fingerprint density at radius 1 is 1.19 bits per heavy atom. The van der Waals surface area contributed by atoms with Crippen molar-refractivity contribution in [3.8, 4) is 5.75 Å². The van der Waals surface area contributed by atoms with Crippen LogP contribution in [0.5, 0.6) is 5.75 Å². The molecule has 0 spiro atoms. The van der Waals surface area contributed by atoms with Crippen LogP contribution in [0.3, 0.4) is 0 Å². The molecule has 0 aliphatic heterocycles. The maximum Gasteiger partial charge on any atom is 0.251 e. The number of carbonyl (C=O) groups is 1. The van der Waals surface area contributed by atoms with Crippen molar-refractivity contribution in [2.24, 2.45) is 5.73 Å². The number of hydrogen-bond acceptors (Lipinski definition) is 9. The Kier molecular flexibility index (Phi) is 5.98. The van der Waals surface area contributed by atoms with Gasteiger partial charge in [-0.1, -0.05) is 0 Å². The molecule has 7 N–H and O–H groups in total. The molecule has 1 aliphatic carbocycles. The molecule has 0 saturated heterocycles. The van der Waals surface area contributed by atoms with E-state index in [4.69, 9.17) is 16.2 Å². The summed E-state index contributed by atoms with van der Waals surface area (Å²) in [6, 6.07) is 5.52. The van der Waals surface area contributed by atoms with Gasteiger partial charge in [-0.3, -0.25) is 4.79 Å². The summed E-state index contributed by atoms with van der Waals surface area (Å²) in [6.45, 7) is 1.06. The van der Waals surface area contributed by atoms with Gasteiger partial charge in [0.2, 0.25) is 0 Å². The number of anilines is 1. The van der Waals surface area contributed by atoms with Gasteiger partial charge in [0.05, 0.1) is 25.0 Å². The summed E-state index contributed by atoms with van der Waals surface area (Å²) >= 11 is 0. The van der Waals surface area contributed by atoms with Crippen LogP contribution in [0.4, 0.5) is 5.82 Å². The molecule has 3 aromatic rings. The zero-order valence-corrected chi connectivity index (χ0v) is 16.8. The number of aliphatic hydroxyl groups excluding tert-OH is 2. The van der Waals surface area contributed by atoms with Crippen molar-refractivity contribution in [1.29, 1.82) is 0 Å². The van der Waals surface area contributed by atoms with Crippen LogP contribution < -0.4 is 21.5 Å². The first-order valence-corrected chi connectivity index (χ1v) is 10.0. The van der Waals surface area contributed by atoms with Gasteiger partial charge in [0, 0.05) is 5.56 Å². The summed E-state index contributed by atoms with van der Waals surface area (Å²) in [6.07, 6.45) is 1.60. The van der Waals surface area contributed by atoms with E-state index in [0.29, 0.717) is 42.0 Å². The lowest BCUT2D eigenvalue weighted by atomic mass is 10.1. The van der Waals surface area contributed by atoms with E-state index in [2.05, 4.69) is 20.3 Å². The molecule has 1 fully saturated rings. The van der Waals surface area contributed by atoms with Gasteiger partial charge in [0.25, 0.3) is 5.91 Å². The number of rotatable bonds is 7. The summed E-state index contributed by atoms with van der Waals surface area (Å²) in [5.74, 6) is 0.527. The molecule has 0 unspecified atom stereocenters. The van der Waals surface area contributed by atoms with Crippen molar-refractivity contribution in [3.63, 3.8) is 0 Å². The smallest absolute Gasteiger partial charge is 0.251 e. The third kappa shape index (κ3) is 4.15. The van der Waals surface area contributed by atoms with E-state index in [1.807, 2.05) is 0 Å². The molecule has 164 valence electrons. The van der Waals surface area contributed by atoms with Crippen LogP contribution >= 0.6 is 0 Å². The molecule has 2 heterocycles. The highest BCUT2D eigenvalue weighted by atomic mass is 16.5. The number of nitrogens with one attached hydrogen (secondary N) is 1. The lowest BCUT2D eigenvalue weighted by Crippen LogP contribution is -2.43. The topological polar surface area (TPSA) is 174 Å².